The van der Waals surface area contributed by atoms with E-state index >= 15 is 0 Å². The summed E-state index contributed by atoms with van der Waals surface area (Å²) in [5, 5.41) is 0. The molecular formula is C12H9BrI2N2O. The van der Waals surface area contributed by atoms with Crippen molar-refractivity contribution in [2.75, 3.05) is 0 Å². The number of aromatic nitrogens is 2. The summed E-state index contributed by atoms with van der Waals surface area (Å²) < 4.78 is 11.4. The maximum absolute atomic E-state index is 5.96. The van der Waals surface area contributed by atoms with E-state index in [2.05, 4.69) is 83.7 Å². The lowest BCUT2D eigenvalue weighted by Crippen LogP contribution is -2.18. The Kier molecular flexibility index (Phi) is 3.61. The molecule has 0 fully saturated rings. The molecule has 94 valence electrons. The van der Waals surface area contributed by atoms with E-state index in [9.17, 15) is 0 Å². The molecule has 18 heavy (non-hydrogen) atoms. The SMILES string of the molecule is CC1Cn2c(nc(I)c2I)-c2cc(Br)ccc2O1. The van der Waals surface area contributed by atoms with Crippen LogP contribution in [-0.2, 0) is 6.54 Å². The summed E-state index contributed by atoms with van der Waals surface area (Å²) in [5.41, 5.74) is 1.05. The predicted octanol–water partition coefficient (Wildman–Crippen LogP) is 4.30. The van der Waals surface area contributed by atoms with Gasteiger partial charge in [0.1, 0.15) is 25.1 Å². The minimum atomic E-state index is 0.143. The van der Waals surface area contributed by atoms with Crippen LogP contribution in [0.1, 0.15) is 6.92 Å². The Bertz CT molecular complexity index is 627. The third-order valence-corrected chi connectivity index (χ3v) is 6.19. The number of hydrogen-bond donors (Lipinski definition) is 0. The van der Waals surface area contributed by atoms with Gasteiger partial charge in [0.2, 0.25) is 0 Å². The number of halogens is 3. The van der Waals surface area contributed by atoms with Crippen LogP contribution in [0.15, 0.2) is 22.7 Å². The van der Waals surface area contributed by atoms with Gasteiger partial charge in [-0.15, -0.1) is 0 Å². The topological polar surface area (TPSA) is 27.1 Å². The third kappa shape index (κ3) is 2.20. The van der Waals surface area contributed by atoms with E-state index in [1.54, 1.807) is 0 Å². The number of imidazole rings is 1. The molecule has 1 aromatic carbocycles. The Labute approximate surface area is 141 Å². The van der Waals surface area contributed by atoms with Crippen LogP contribution in [-0.4, -0.2) is 15.7 Å². The van der Waals surface area contributed by atoms with Crippen LogP contribution in [0.3, 0.4) is 0 Å². The van der Waals surface area contributed by atoms with E-state index in [4.69, 9.17) is 4.74 Å². The molecule has 3 rings (SSSR count). The van der Waals surface area contributed by atoms with Gasteiger partial charge in [0.15, 0.2) is 0 Å². The summed E-state index contributed by atoms with van der Waals surface area (Å²) in [6.45, 7) is 2.92. The van der Waals surface area contributed by atoms with Crippen molar-refractivity contribution in [1.29, 1.82) is 0 Å². The average molecular weight is 531 g/mol. The second-order valence-corrected chi connectivity index (χ2v) is 7.16. The molecule has 0 saturated heterocycles. The van der Waals surface area contributed by atoms with Gasteiger partial charge in [0.05, 0.1) is 12.1 Å². The summed E-state index contributed by atoms with van der Waals surface area (Å²) in [4.78, 5) is 4.67. The molecule has 1 atom stereocenters. The van der Waals surface area contributed by atoms with Crippen molar-refractivity contribution in [2.24, 2.45) is 0 Å². The number of fused-ring (bicyclic) bond motifs is 3. The van der Waals surface area contributed by atoms with Crippen LogP contribution >= 0.6 is 61.1 Å². The van der Waals surface area contributed by atoms with Crippen molar-refractivity contribution in [3.63, 3.8) is 0 Å². The first-order valence-corrected chi connectivity index (χ1v) is 8.39. The molecule has 0 aliphatic carbocycles. The Morgan fingerprint density at radius 3 is 3.00 bits per heavy atom. The van der Waals surface area contributed by atoms with Gasteiger partial charge in [-0.1, -0.05) is 15.9 Å². The van der Waals surface area contributed by atoms with Gasteiger partial charge in [-0.3, -0.25) is 0 Å². The molecule has 0 spiro atoms. The van der Waals surface area contributed by atoms with Gasteiger partial charge in [-0.2, -0.15) is 0 Å². The van der Waals surface area contributed by atoms with Crippen molar-refractivity contribution in [3.8, 4) is 17.1 Å². The number of rotatable bonds is 0. The van der Waals surface area contributed by atoms with E-state index in [0.717, 1.165) is 31.9 Å². The van der Waals surface area contributed by atoms with Crippen molar-refractivity contribution in [1.82, 2.24) is 9.55 Å². The predicted molar refractivity (Wildman–Crippen MR) is 90.9 cm³/mol. The number of hydrogen-bond acceptors (Lipinski definition) is 2. The van der Waals surface area contributed by atoms with E-state index in [-0.39, 0.29) is 6.10 Å². The summed E-state index contributed by atoms with van der Waals surface area (Å²) in [5.74, 6) is 1.90. The van der Waals surface area contributed by atoms with Crippen LogP contribution in [0.4, 0.5) is 0 Å². The fourth-order valence-electron chi connectivity index (χ4n) is 2.07. The molecule has 0 radical (unpaired) electrons. The van der Waals surface area contributed by atoms with Gasteiger partial charge in [0, 0.05) is 4.47 Å². The highest BCUT2D eigenvalue weighted by Crippen LogP contribution is 2.37. The van der Waals surface area contributed by atoms with E-state index in [0.29, 0.717) is 0 Å². The van der Waals surface area contributed by atoms with Crippen LogP contribution < -0.4 is 4.74 Å². The van der Waals surface area contributed by atoms with Crippen molar-refractivity contribution >= 4 is 61.1 Å². The highest BCUT2D eigenvalue weighted by molar-refractivity contribution is 14.1. The fraction of sp³-hybridized carbons (Fsp3) is 0.250. The van der Waals surface area contributed by atoms with Gasteiger partial charge < -0.3 is 9.30 Å². The molecule has 1 unspecified atom stereocenters. The lowest BCUT2D eigenvalue weighted by Gasteiger charge is -2.13. The summed E-state index contributed by atoms with van der Waals surface area (Å²) >= 11 is 8.14. The normalized spacial score (nSPS) is 17.7. The second-order valence-electron chi connectivity index (χ2n) is 4.20. The quantitative estimate of drug-likeness (QED) is 0.475. The summed E-state index contributed by atoms with van der Waals surface area (Å²) in [7, 11) is 0. The molecule has 1 aromatic heterocycles. The second kappa shape index (κ2) is 4.93. The highest BCUT2D eigenvalue weighted by Gasteiger charge is 2.24. The van der Waals surface area contributed by atoms with E-state index in [1.807, 2.05) is 12.1 Å². The minimum Gasteiger partial charge on any atom is -0.488 e. The zero-order valence-corrected chi connectivity index (χ0v) is 15.4. The van der Waals surface area contributed by atoms with Crippen molar-refractivity contribution in [2.45, 2.75) is 19.6 Å². The Balaban J connectivity index is 2.30. The molecule has 1 aliphatic rings. The standard InChI is InChI=1S/C12H9BrI2N2O/c1-6-5-17-11(15)10(14)16-12(17)8-4-7(13)2-3-9(8)18-6/h2-4,6H,5H2,1H3. The van der Waals surface area contributed by atoms with Crippen LogP contribution in [0, 0.1) is 7.40 Å². The maximum Gasteiger partial charge on any atom is 0.145 e. The minimum absolute atomic E-state index is 0.143. The number of benzene rings is 1. The first-order valence-electron chi connectivity index (χ1n) is 5.44. The average Bonchev–Trinajstić information content (AvgIpc) is 2.53. The monoisotopic (exact) mass is 530 g/mol. The largest absolute Gasteiger partial charge is 0.488 e. The zero-order valence-electron chi connectivity index (χ0n) is 9.45. The molecule has 2 aromatic rings. The molecule has 0 saturated carbocycles. The molecule has 2 heterocycles. The molecule has 1 aliphatic heterocycles. The lowest BCUT2D eigenvalue weighted by atomic mass is 10.2. The van der Waals surface area contributed by atoms with Gasteiger partial charge >= 0.3 is 0 Å². The molecule has 0 bridgehead atoms. The van der Waals surface area contributed by atoms with E-state index in [1.165, 1.54) is 3.70 Å². The third-order valence-electron chi connectivity index (χ3n) is 2.82. The van der Waals surface area contributed by atoms with E-state index < -0.39 is 0 Å². The first-order chi connectivity index (χ1) is 8.56. The number of ether oxygens (including phenoxy) is 1. The molecule has 0 amide bonds. The van der Waals surface area contributed by atoms with Crippen LogP contribution in [0.2, 0.25) is 0 Å². The fourth-order valence-corrected chi connectivity index (χ4v) is 3.49. The van der Waals surface area contributed by atoms with Crippen molar-refractivity contribution in [3.05, 3.63) is 30.1 Å². The summed E-state index contributed by atoms with van der Waals surface area (Å²) in [6, 6.07) is 6.07. The van der Waals surface area contributed by atoms with Crippen LogP contribution in [0.25, 0.3) is 11.4 Å². The Hall–Kier alpha value is 0.170. The number of nitrogens with zero attached hydrogens (tertiary/aromatic N) is 2. The lowest BCUT2D eigenvalue weighted by molar-refractivity contribution is 0.205. The molecule has 6 heteroatoms. The maximum atomic E-state index is 5.96. The van der Waals surface area contributed by atoms with Gasteiger partial charge in [-0.05, 0) is 70.3 Å². The zero-order chi connectivity index (χ0) is 12.9. The van der Waals surface area contributed by atoms with Crippen molar-refractivity contribution < 1.29 is 4.74 Å². The van der Waals surface area contributed by atoms with Gasteiger partial charge in [0.25, 0.3) is 0 Å². The van der Waals surface area contributed by atoms with Crippen LogP contribution in [0.5, 0.6) is 5.75 Å². The Morgan fingerprint density at radius 2 is 2.22 bits per heavy atom. The highest BCUT2D eigenvalue weighted by atomic mass is 127. The first kappa shape index (κ1) is 13.2. The Morgan fingerprint density at radius 1 is 1.44 bits per heavy atom. The summed E-state index contributed by atoms with van der Waals surface area (Å²) in [6.07, 6.45) is 0.143. The smallest absolute Gasteiger partial charge is 0.145 e. The molecular weight excluding hydrogens is 522 g/mol. The molecule has 0 N–H and O–H groups in total. The van der Waals surface area contributed by atoms with Gasteiger partial charge in [-0.25, -0.2) is 4.98 Å². The molecule has 3 nitrogen and oxygen atoms in total.